The lowest BCUT2D eigenvalue weighted by Crippen LogP contribution is -2.13. The highest BCUT2D eigenvalue weighted by Gasteiger charge is 2.09. The Hall–Kier alpha value is -3.08. The molecule has 0 aliphatic rings. The van der Waals surface area contributed by atoms with Gasteiger partial charge in [0.2, 0.25) is 5.91 Å². The van der Waals surface area contributed by atoms with Gasteiger partial charge in [0.25, 0.3) is 0 Å². The van der Waals surface area contributed by atoms with E-state index >= 15 is 0 Å². The number of primary amides is 1. The smallest absolute Gasteiger partial charge is 0.221 e. The first-order chi connectivity index (χ1) is 11.2. The number of nitrogens with zero attached hydrogens (tertiary/aromatic N) is 1. The Morgan fingerprint density at radius 3 is 2.61 bits per heavy atom. The van der Waals surface area contributed by atoms with Crippen LogP contribution in [-0.2, 0) is 11.2 Å². The number of ether oxygens (including phenoxy) is 1. The van der Waals surface area contributed by atoms with Gasteiger partial charge in [0.05, 0.1) is 13.5 Å². The average molecular weight is 308 g/mol. The fourth-order valence-electron chi connectivity index (χ4n) is 2.32. The number of carbonyl (C=O) groups is 1. The molecule has 0 spiro atoms. The van der Waals surface area contributed by atoms with Gasteiger partial charge in [-0.25, -0.2) is 0 Å². The van der Waals surface area contributed by atoms with Crippen molar-refractivity contribution in [2.75, 3.05) is 7.11 Å². The van der Waals surface area contributed by atoms with Crippen LogP contribution in [0.25, 0.3) is 22.6 Å². The first-order valence-corrected chi connectivity index (χ1v) is 7.14. The second kappa shape index (κ2) is 6.36. The van der Waals surface area contributed by atoms with E-state index in [1.165, 1.54) is 0 Å². The van der Waals surface area contributed by atoms with E-state index in [0.717, 1.165) is 28.1 Å². The second-order valence-corrected chi connectivity index (χ2v) is 5.15. The molecular weight excluding hydrogens is 292 g/mol. The number of carbonyl (C=O) groups excluding carboxylic acids is 1. The summed E-state index contributed by atoms with van der Waals surface area (Å²) in [6, 6.07) is 17.0. The van der Waals surface area contributed by atoms with Crippen molar-refractivity contribution < 1.29 is 14.1 Å². The molecule has 1 amide bonds. The number of benzene rings is 2. The molecule has 3 aromatic rings. The molecule has 0 saturated heterocycles. The molecule has 5 nitrogen and oxygen atoms in total. The molecule has 2 aromatic carbocycles. The Labute approximate surface area is 133 Å². The topological polar surface area (TPSA) is 78.4 Å². The van der Waals surface area contributed by atoms with Crippen LogP contribution in [0.3, 0.4) is 0 Å². The molecule has 1 heterocycles. The minimum absolute atomic E-state index is 0.230. The van der Waals surface area contributed by atoms with Gasteiger partial charge in [-0.3, -0.25) is 4.79 Å². The molecule has 1 aromatic heterocycles. The van der Waals surface area contributed by atoms with Gasteiger partial charge < -0.3 is 15.0 Å². The van der Waals surface area contributed by atoms with Gasteiger partial charge >= 0.3 is 0 Å². The van der Waals surface area contributed by atoms with Crippen molar-refractivity contribution in [3.8, 4) is 28.3 Å². The Morgan fingerprint density at radius 2 is 1.91 bits per heavy atom. The summed E-state index contributed by atoms with van der Waals surface area (Å²) in [6.45, 7) is 0. The summed E-state index contributed by atoms with van der Waals surface area (Å²) in [5, 5.41) is 4.10. The van der Waals surface area contributed by atoms with E-state index in [1.54, 1.807) is 7.11 Å². The van der Waals surface area contributed by atoms with E-state index in [4.69, 9.17) is 15.0 Å². The maximum absolute atomic E-state index is 10.9. The third-order valence-electron chi connectivity index (χ3n) is 3.49. The lowest BCUT2D eigenvalue weighted by Gasteiger charge is -2.00. The standard InChI is InChI=1S/C18H16N2O3/c1-22-15-4-2-3-14(10-15)17-11-16(20-23-17)13-7-5-12(6-8-13)9-18(19)21/h2-8,10-11H,9H2,1H3,(H2,19,21). The molecule has 23 heavy (non-hydrogen) atoms. The number of hydrogen-bond acceptors (Lipinski definition) is 4. The molecule has 0 fully saturated rings. The van der Waals surface area contributed by atoms with Crippen LogP contribution in [0.2, 0.25) is 0 Å². The highest BCUT2D eigenvalue weighted by Crippen LogP contribution is 2.28. The maximum Gasteiger partial charge on any atom is 0.221 e. The number of rotatable bonds is 5. The molecule has 0 bridgehead atoms. The van der Waals surface area contributed by atoms with Gasteiger partial charge in [-0.05, 0) is 17.7 Å². The summed E-state index contributed by atoms with van der Waals surface area (Å²) < 4.78 is 10.6. The minimum atomic E-state index is -0.348. The van der Waals surface area contributed by atoms with Gasteiger partial charge in [0.15, 0.2) is 5.76 Å². The number of amides is 1. The lowest BCUT2D eigenvalue weighted by atomic mass is 10.1. The normalized spacial score (nSPS) is 10.5. The zero-order chi connectivity index (χ0) is 16.2. The second-order valence-electron chi connectivity index (χ2n) is 5.15. The van der Waals surface area contributed by atoms with Crippen molar-refractivity contribution >= 4 is 5.91 Å². The fraction of sp³-hybridized carbons (Fsp3) is 0.111. The summed E-state index contributed by atoms with van der Waals surface area (Å²) >= 11 is 0. The predicted octanol–water partition coefficient (Wildman–Crippen LogP) is 3.05. The average Bonchev–Trinajstić information content (AvgIpc) is 3.05. The zero-order valence-corrected chi connectivity index (χ0v) is 12.7. The van der Waals surface area contributed by atoms with Crippen LogP contribution >= 0.6 is 0 Å². The molecule has 0 radical (unpaired) electrons. The highest BCUT2D eigenvalue weighted by atomic mass is 16.5. The van der Waals surface area contributed by atoms with E-state index in [0.29, 0.717) is 5.76 Å². The van der Waals surface area contributed by atoms with Crippen molar-refractivity contribution in [1.29, 1.82) is 0 Å². The molecule has 3 rings (SSSR count). The third-order valence-corrected chi connectivity index (χ3v) is 3.49. The Balaban J connectivity index is 1.85. The van der Waals surface area contributed by atoms with Crippen LogP contribution in [0, 0.1) is 0 Å². The molecule has 0 saturated carbocycles. The maximum atomic E-state index is 10.9. The third kappa shape index (κ3) is 3.40. The van der Waals surface area contributed by atoms with E-state index in [-0.39, 0.29) is 12.3 Å². The molecule has 0 aliphatic heterocycles. The summed E-state index contributed by atoms with van der Waals surface area (Å²) in [7, 11) is 1.62. The van der Waals surface area contributed by atoms with Gasteiger partial charge in [-0.2, -0.15) is 0 Å². The van der Waals surface area contributed by atoms with Gasteiger partial charge in [-0.1, -0.05) is 41.6 Å². The van der Waals surface area contributed by atoms with E-state index in [1.807, 2.05) is 54.6 Å². The molecule has 5 heteroatoms. The van der Waals surface area contributed by atoms with Crippen LogP contribution in [-0.4, -0.2) is 18.2 Å². The molecule has 0 atom stereocenters. The molecular formula is C18H16N2O3. The monoisotopic (exact) mass is 308 g/mol. The van der Waals surface area contributed by atoms with E-state index < -0.39 is 0 Å². The number of nitrogens with two attached hydrogens (primary N) is 1. The van der Waals surface area contributed by atoms with Crippen molar-refractivity contribution in [2.24, 2.45) is 5.73 Å². The number of aromatic nitrogens is 1. The first-order valence-electron chi connectivity index (χ1n) is 7.14. The fourth-order valence-corrected chi connectivity index (χ4v) is 2.32. The summed E-state index contributed by atoms with van der Waals surface area (Å²) in [5.74, 6) is 1.08. The van der Waals surface area contributed by atoms with Crippen molar-refractivity contribution in [3.05, 3.63) is 60.2 Å². The molecule has 116 valence electrons. The van der Waals surface area contributed by atoms with Gasteiger partial charge in [0, 0.05) is 17.2 Å². The number of methoxy groups -OCH3 is 1. The summed E-state index contributed by atoms with van der Waals surface area (Å²) in [4.78, 5) is 10.9. The first kappa shape index (κ1) is 14.8. The number of hydrogen-bond donors (Lipinski definition) is 1. The zero-order valence-electron chi connectivity index (χ0n) is 12.7. The Kier molecular flexibility index (Phi) is 4.10. The van der Waals surface area contributed by atoms with Crippen LogP contribution in [0.15, 0.2) is 59.1 Å². The summed E-state index contributed by atoms with van der Waals surface area (Å²) in [5.41, 5.74) is 8.60. The quantitative estimate of drug-likeness (QED) is 0.785. The van der Waals surface area contributed by atoms with Crippen LogP contribution in [0.4, 0.5) is 0 Å². The Morgan fingerprint density at radius 1 is 1.13 bits per heavy atom. The van der Waals surface area contributed by atoms with Crippen molar-refractivity contribution in [3.63, 3.8) is 0 Å². The summed E-state index contributed by atoms with van der Waals surface area (Å²) in [6.07, 6.45) is 0.230. The van der Waals surface area contributed by atoms with Crippen LogP contribution in [0.5, 0.6) is 5.75 Å². The molecule has 2 N–H and O–H groups in total. The SMILES string of the molecule is COc1cccc(-c2cc(-c3ccc(CC(N)=O)cc3)no2)c1. The molecule has 0 unspecified atom stereocenters. The van der Waals surface area contributed by atoms with Crippen molar-refractivity contribution in [1.82, 2.24) is 5.16 Å². The predicted molar refractivity (Wildman–Crippen MR) is 86.8 cm³/mol. The lowest BCUT2D eigenvalue weighted by molar-refractivity contribution is -0.117. The van der Waals surface area contributed by atoms with Crippen LogP contribution < -0.4 is 10.5 Å². The highest BCUT2D eigenvalue weighted by molar-refractivity contribution is 5.77. The van der Waals surface area contributed by atoms with Gasteiger partial charge in [-0.15, -0.1) is 0 Å². The molecule has 0 aliphatic carbocycles. The van der Waals surface area contributed by atoms with E-state index in [9.17, 15) is 4.79 Å². The van der Waals surface area contributed by atoms with Crippen LogP contribution in [0.1, 0.15) is 5.56 Å². The van der Waals surface area contributed by atoms with Crippen molar-refractivity contribution in [2.45, 2.75) is 6.42 Å². The minimum Gasteiger partial charge on any atom is -0.497 e. The largest absolute Gasteiger partial charge is 0.497 e. The Bertz CT molecular complexity index is 822. The van der Waals surface area contributed by atoms with Gasteiger partial charge in [0.1, 0.15) is 11.4 Å². The van der Waals surface area contributed by atoms with E-state index in [2.05, 4.69) is 5.16 Å².